The van der Waals surface area contributed by atoms with Gasteiger partial charge in [0.1, 0.15) is 5.75 Å². The molecule has 2 amide bonds. The lowest BCUT2D eigenvalue weighted by molar-refractivity contribution is -0.129. The van der Waals surface area contributed by atoms with Crippen molar-refractivity contribution < 1.29 is 14.3 Å². The monoisotopic (exact) mass is 379 g/mol. The van der Waals surface area contributed by atoms with Gasteiger partial charge >= 0.3 is 0 Å². The summed E-state index contributed by atoms with van der Waals surface area (Å²) >= 11 is 0. The van der Waals surface area contributed by atoms with Gasteiger partial charge in [-0.3, -0.25) is 14.6 Å². The minimum Gasteiger partial charge on any atom is -0.493 e. The number of fused-ring (bicyclic) bond motifs is 1. The van der Waals surface area contributed by atoms with Crippen molar-refractivity contribution in [1.82, 2.24) is 15.2 Å². The van der Waals surface area contributed by atoms with E-state index in [1.165, 1.54) is 5.56 Å². The third kappa shape index (κ3) is 4.01. The van der Waals surface area contributed by atoms with Crippen LogP contribution in [0.25, 0.3) is 0 Å². The molecular weight excluding hydrogens is 354 g/mol. The third-order valence-corrected chi connectivity index (χ3v) is 5.50. The molecular formula is C22H25N3O3. The fraction of sp³-hybridized carbons (Fsp3) is 0.409. The fourth-order valence-corrected chi connectivity index (χ4v) is 3.87. The highest BCUT2D eigenvalue weighted by Gasteiger charge is 2.34. The maximum absolute atomic E-state index is 12.7. The summed E-state index contributed by atoms with van der Waals surface area (Å²) in [4.78, 5) is 30.8. The van der Waals surface area contributed by atoms with Crippen LogP contribution < -0.4 is 10.1 Å². The number of pyridine rings is 1. The minimum atomic E-state index is -0.308. The van der Waals surface area contributed by atoms with E-state index in [-0.39, 0.29) is 30.2 Å². The molecule has 1 aromatic heterocycles. The van der Waals surface area contributed by atoms with Crippen molar-refractivity contribution in [3.05, 3.63) is 59.4 Å². The maximum Gasteiger partial charge on any atom is 0.225 e. The summed E-state index contributed by atoms with van der Waals surface area (Å²) in [5.74, 6) is 0.599. The van der Waals surface area contributed by atoms with Gasteiger partial charge in [-0.2, -0.15) is 0 Å². The molecule has 0 bridgehead atoms. The number of rotatable bonds is 5. The summed E-state index contributed by atoms with van der Waals surface area (Å²) in [6.45, 7) is 3.72. The Morgan fingerprint density at radius 3 is 2.96 bits per heavy atom. The van der Waals surface area contributed by atoms with Gasteiger partial charge in [0, 0.05) is 31.9 Å². The SMILES string of the molecule is C[C@H](NC(=O)[C@H]1CC(=O)N(Cc2ccncc2)C1)c1ccc2c(c1)CCCO2. The van der Waals surface area contributed by atoms with Crippen LogP contribution >= 0.6 is 0 Å². The highest BCUT2D eigenvalue weighted by Crippen LogP contribution is 2.28. The molecule has 1 saturated heterocycles. The number of amides is 2. The largest absolute Gasteiger partial charge is 0.493 e. The van der Waals surface area contributed by atoms with Gasteiger partial charge in [0.25, 0.3) is 0 Å². The summed E-state index contributed by atoms with van der Waals surface area (Å²) in [5.41, 5.74) is 3.29. The van der Waals surface area contributed by atoms with Gasteiger partial charge in [-0.05, 0) is 54.7 Å². The molecule has 6 nitrogen and oxygen atoms in total. The Bertz CT molecular complexity index is 869. The molecule has 146 valence electrons. The topological polar surface area (TPSA) is 71.5 Å². The molecule has 0 radical (unpaired) electrons. The normalized spacial score (nSPS) is 19.7. The lowest BCUT2D eigenvalue weighted by atomic mass is 9.99. The van der Waals surface area contributed by atoms with Gasteiger partial charge < -0.3 is 15.0 Å². The van der Waals surface area contributed by atoms with Gasteiger partial charge in [-0.15, -0.1) is 0 Å². The highest BCUT2D eigenvalue weighted by atomic mass is 16.5. The quantitative estimate of drug-likeness (QED) is 0.867. The Balaban J connectivity index is 1.36. The number of hydrogen-bond donors (Lipinski definition) is 1. The Morgan fingerprint density at radius 1 is 1.32 bits per heavy atom. The fourth-order valence-electron chi connectivity index (χ4n) is 3.87. The van der Waals surface area contributed by atoms with Crippen LogP contribution in [0.3, 0.4) is 0 Å². The molecule has 1 N–H and O–H groups in total. The van der Waals surface area contributed by atoms with Crippen molar-refractivity contribution in [1.29, 1.82) is 0 Å². The molecule has 0 saturated carbocycles. The first-order chi connectivity index (χ1) is 13.6. The molecule has 0 unspecified atom stereocenters. The first-order valence-electron chi connectivity index (χ1n) is 9.83. The molecule has 2 aromatic rings. The first kappa shape index (κ1) is 18.5. The Kier molecular flexibility index (Phi) is 5.28. The number of carbonyl (C=O) groups excluding carboxylic acids is 2. The number of aryl methyl sites for hydroxylation is 1. The van der Waals surface area contributed by atoms with E-state index >= 15 is 0 Å². The van der Waals surface area contributed by atoms with Gasteiger partial charge in [0.2, 0.25) is 11.8 Å². The molecule has 1 aromatic carbocycles. The summed E-state index contributed by atoms with van der Waals surface area (Å²) < 4.78 is 5.66. The number of carbonyl (C=O) groups is 2. The van der Waals surface area contributed by atoms with Crippen molar-refractivity contribution in [2.24, 2.45) is 5.92 Å². The van der Waals surface area contributed by atoms with Gasteiger partial charge in [0.05, 0.1) is 18.6 Å². The molecule has 28 heavy (non-hydrogen) atoms. The van der Waals surface area contributed by atoms with Crippen molar-refractivity contribution in [3.8, 4) is 5.75 Å². The number of ether oxygens (including phenoxy) is 1. The van der Waals surface area contributed by atoms with Crippen molar-refractivity contribution >= 4 is 11.8 Å². The van der Waals surface area contributed by atoms with E-state index in [0.717, 1.165) is 36.3 Å². The molecule has 3 heterocycles. The standard InChI is InChI=1S/C22H25N3O3/c1-15(17-4-5-20-18(11-17)3-2-10-28-20)24-22(27)19-12-21(26)25(14-19)13-16-6-8-23-9-7-16/h4-9,11,15,19H,2-3,10,12-14H2,1H3,(H,24,27)/t15-,19-/m0/s1. The Morgan fingerprint density at radius 2 is 2.14 bits per heavy atom. The van der Waals surface area contributed by atoms with Crippen molar-refractivity contribution in [3.63, 3.8) is 0 Å². The third-order valence-electron chi connectivity index (χ3n) is 5.50. The summed E-state index contributed by atoms with van der Waals surface area (Å²) in [5, 5.41) is 3.08. The van der Waals surface area contributed by atoms with Crippen molar-refractivity contribution in [2.45, 2.75) is 38.8 Å². The predicted octanol–water partition coefficient (Wildman–Crippen LogP) is 2.63. The highest BCUT2D eigenvalue weighted by molar-refractivity contribution is 5.89. The van der Waals surface area contributed by atoms with Crippen LogP contribution in [0.5, 0.6) is 5.75 Å². The number of aromatic nitrogens is 1. The van der Waals surface area contributed by atoms with E-state index in [0.29, 0.717) is 13.1 Å². The molecule has 1 fully saturated rings. The lowest BCUT2D eigenvalue weighted by Crippen LogP contribution is -2.34. The number of nitrogens with one attached hydrogen (secondary N) is 1. The van der Waals surface area contributed by atoms with Crippen LogP contribution in [0.2, 0.25) is 0 Å². The molecule has 4 rings (SSSR count). The van der Waals surface area contributed by atoms with E-state index in [9.17, 15) is 9.59 Å². The van der Waals surface area contributed by atoms with Crippen LogP contribution in [0.4, 0.5) is 0 Å². The maximum atomic E-state index is 12.7. The average molecular weight is 379 g/mol. The number of benzene rings is 1. The second-order valence-corrected chi connectivity index (χ2v) is 7.58. The van der Waals surface area contributed by atoms with E-state index in [2.05, 4.69) is 16.4 Å². The Hall–Kier alpha value is -2.89. The van der Waals surface area contributed by atoms with E-state index in [4.69, 9.17) is 4.74 Å². The smallest absolute Gasteiger partial charge is 0.225 e. The number of hydrogen-bond acceptors (Lipinski definition) is 4. The second-order valence-electron chi connectivity index (χ2n) is 7.58. The number of nitrogens with zero attached hydrogens (tertiary/aromatic N) is 2. The van der Waals surface area contributed by atoms with Crippen LogP contribution in [-0.4, -0.2) is 34.8 Å². The lowest BCUT2D eigenvalue weighted by Gasteiger charge is -2.21. The van der Waals surface area contributed by atoms with Crippen molar-refractivity contribution in [2.75, 3.05) is 13.2 Å². The summed E-state index contributed by atoms with van der Waals surface area (Å²) in [7, 11) is 0. The molecule has 2 aliphatic heterocycles. The molecule has 0 spiro atoms. The molecule has 0 aliphatic carbocycles. The van der Waals surface area contributed by atoms with Crippen LogP contribution in [-0.2, 0) is 22.6 Å². The van der Waals surface area contributed by atoms with E-state index < -0.39 is 0 Å². The number of likely N-dealkylation sites (tertiary alicyclic amines) is 1. The van der Waals surface area contributed by atoms with Gasteiger partial charge in [-0.1, -0.05) is 12.1 Å². The summed E-state index contributed by atoms with van der Waals surface area (Å²) in [6.07, 6.45) is 5.72. The van der Waals surface area contributed by atoms with Gasteiger partial charge in [-0.25, -0.2) is 0 Å². The zero-order valence-corrected chi connectivity index (χ0v) is 16.1. The average Bonchev–Trinajstić information content (AvgIpc) is 3.09. The van der Waals surface area contributed by atoms with Crippen LogP contribution in [0, 0.1) is 5.92 Å². The first-order valence-corrected chi connectivity index (χ1v) is 9.83. The second kappa shape index (κ2) is 8.00. The molecule has 2 atom stereocenters. The molecule has 2 aliphatic rings. The van der Waals surface area contributed by atoms with Gasteiger partial charge in [0.15, 0.2) is 0 Å². The van der Waals surface area contributed by atoms with E-state index in [1.54, 1.807) is 17.3 Å². The predicted molar refractivity (Wildman–Crippen MR) is 105 cm³/mol. The van der Waals surface area contributed by atoms with Crippen LogP contribution in [0.1, 0.15) is 42.5 Å². The van der Waals surface area contributed by atoms with E-state index in [1.807, 2.05) is 31.2 Å². The molecule has 6 heteroatoms. The zero-order chi connectivity index (χ0) is 19.5. The summed E-state index contributed by atoms with van der Waals surface area (Å²) in [6, 6.07) is 9.79. The minimum absolute atomic E-state index is 0.0237. The Labute approximate surface area is 164 Å². The zero-order valence-electron chi connectivity index (χ0n) is 16.1. The van der Waals surface area contributed by atoms with Crippen LogP contribution in [0.15, 0.2) is 42.7 Å².